The first-order valence-corrected chi connectivity index (χ1v) is 5.31. The monoisotopic (exact) mass is 202 g/mol. The predicted octanol–water partition coefficient (Wildman–Crippen LogP) is 1.33. The highest BCUT2D eigenvalue weighted by Gasteiger charge is 2.20. The minimum absolute atomic E-state index is 0.210. The van der Waals surface area contributed by atoms with Gasteiger partial charge in [0.25, 0.3) is 0 Å². The van der Waals surface area contributed by atoms with Crippen LogP contribution in [0.5, 0.6) is 0 Å². The van der Waals surface area contributed by atoms with Crippen LogP contribution >= 0.6 is 0 Å². The van der Waals surface area contributed by atoms with Crippen LogP contribution < -0.4 is 5.73 Å². The minimum Gasteiger partial charge on any atom is -0.383 e. The lowest BCUT2D eigenvalue weighted by Gasteiger charge is -2.28. The van der Waals surface area contributed by atoms with Crippen LogP contribution in [0.2, 0.25) is 0 Å². The summed E-state index contributed by atoms with van der Waals surface area (Å²) in [5.41, 5.74) is 6.28. The number of methoxy groups -OCH3 is 1. The third-order valence-electron chi connectivity index (χ3n) is 2.61. The number of nitrogens with zero attached hydrogens (tertiary/aromatic N) is 1. The van der Waals surface area contributed by atoms with Crippen LogP contribution in [0.15, 0.2) is 0 Å². The normalized spacial score (nSPS) is 14.8. The van der Waals surface area contributed by atoms with Gasteiger partial charge in [-0.3, -0.25) is 0 Å². The Morgan fingerprint density at radius 1 is 1.29 bits per heavy atom. The molecule has 2 N–H and O–H groups in total. The van der Waals surface area contributed by atoms with Gasteiger partial charge in [0, 0.05) is 19.7 Å². The SMILES string of the molecule is COCCN(C)CCC(N)C(C)(C)C. The summed E-state index contributed by atoms with van der Waals surface area (Å²) in [7, 11) is 3.84. The number of likely N-dealkylation sites (N-methyl/N-ethyl adjacent to an activating group) is 1. The van der Waals surface area contributed by atoms with Crippen molar-refractivity contribution in [1.82, 2.24) is 4.90 Å². The maximum absolute atomic E-state index is 6.07. The van der Waals surface area contributed by atoms with Gasteiger partial charge in [-0.05, 0) is 25.4 Å². The number of ether oxygens (including phenoxy) is 1. The quantitative estimate of drug-likeness (QED) is 0.706. The summed E-state index contributed by atoms with van der Waals surface area (Å²) in [4.78, 5) is 2.26. The lowest BCUT2D eigenvalue weighted by Crippen LogP contribution is -2.38. The molecule has 0 aliphatic carbocycles. The van der Waals surface area contributed by atoms with Crippen LogP contribution in [0.3, 0.4) is 0 Å². The third-order valence-corrected chi connectivity index (χ3v) is 2.61. The summed E-state index contributed by atoms with van der Waals surface area (Å²) in [5, 5.41) is 0. The maximum Gasteiger partial charge on any atom is 0.0589 e. The second kappa shape index (κ2) is 6.38. The first-order chi connectivity index (χ1) is 6.38. The molecule has 0 rings (SSSR count). The summed E-state index contributed by atoms with van der Waals surface area (Å²) in [6.07, 6.45) is 1.05. The largest absolute Gasteiger partial charge is 0.383 e. The Hall–Kier alpha value is -0.120. The standard InChI is InChI=1S/C11H26N2O/c1-11(2,3)10(12)6-7-13(4)8-9-14-5/h10H,6-9,12H2,1-5H3. The van der Waals surface area contributed by atoms with Crippen LogP contribution in [0.25, 0.3) is 0 Å². The van der Waals surface area contributed by atoms with Crippen LogP contribution in [-0.4, -0.2) is 44.8 Å². The number of nitrogens with two attached hydrogens (primary N) is 1. The van der Waals surface area contributed by atoms with Gasteiger partial charge < -0.3 is 15.4 Å². The summed E-state index contributed by atoms with van der Waals surface area (Å²) < 4.78 is 5.01. The molecule has 0 aliphatic heterocycles. The van der Waals surface area contributed by atoms with Gasteiger partial charge in [-0.2, -0.15) is 0 Å². The molecule has 0 radical (unpaired) electrons. The third kappa shape index (κ3) is 6.35. The van der Waals surface area contributed by atoms with E-state index in [4.69, 9.17) is 10.5 Å². The van der Waals surface area contributed by atoms with Crippen molar-refractivity contribution >= 4 is 0 Å². The van der Waals surface area contributed by atoms with Crippen LogP contribution in [0.4, 0.5) is 0 Å². The first kappa shape index (κ1) is 13.9. The number of hydrogen-bond acceptors (Lipinski definition) is 3. The van der Waals surface area contributed by atoms with Crippen molar-refractivity contribution < 1.29 is 4.74 Å². The minimum atomic E-state index is 0.210. The fourth-order valence-electron chi connectivity index (χ4n) is 1.15. The Morgan fingerprint density at radius 3 is 2.29 bits per heavy atom. The highest BCUT2D eigenvalue weighted by atomic mass is 16.5. The summed E-state index contributed by atoms with van der Waals surface area (Å²) in [5.74, 6) is 0. The lowest BCUT2D eigenvalue weighted by atomic mass is 9.85. The molecule has 0 saturated heterocycles. The molecule has 3 nitrogen and oxygen atoms in total. The van der Waals surface area contributed by atoms with E-state index in [0.717, 1.165) is 26.1 Å². The highest BCUT2D eigenvalue weighted by molar-refractivity contribution is 4.77. The molecule has 1 unspecified atom stereocenters. The predicted molar refractivity (Wildman–Crippen MR) is 61.4 cm³/mol. The van der Waals surface area contributed by atoms with Crippen molar-refractivity contribution in [2.24, 2.45) is 11.1 Å². The van der Waals surface area contributed by atoms with E-state index in [-0.39, 0.29) is 11.5 Å². The van der Waals surface area contributed by atoms with E-state index in [9.17, 15) is 0 Å². The van der Waals surface area contributed by atoms with Gasteiger partial charge in [0.15, 0.2) is 0 Å². The fraction of sp³-hybridized carbons (Fsp3) is 1.00. The zero-order valence-corrected chi connectivity index (χ0v) is 10.3. The Morgan fingerprint density at radius 2 is 1.86 bits per heavy atom. The van der Waals surface area contributed by atoms with Gasteiger partial charge in [-0.25, -0.2) is 0 Å². The number of hydrogen-bond donors (Lipinski definition) is 1. The van der Waals surface area contributed by atoms with Crippen molar-refractivity contribution in [2.75, 3.05) is 33.9 Å². The Kier molecular flexibility index (Phi) is 6.33. The maximum atomic E-state index is 6.07. The van der Waals surface area contributed by atoms with Gasteiger partial charge in [-0.15, -0.1) is 0 Å². The Labute approximate surface area is 88.6 Å². The smallest absolute Gasteiger partial charge is 0.0589 e. The lowest BCUT2D eigenvalue weighted by molar-refractivity contribution is 0.155. The second-order valence-electron chi connectivity index (χ2n) is 5.06. The molecule has 1 atom stereocenters. The first-order valence-electron chi connectivity index (χ1n) is 5.31. The molecule has 0 aliphatic rings. The Balaban J connectivity index is 3.61. The van der Waals surface area contributed by atoms with Crippen molar-refractivity contribution in [1.29, 1.82) is 0 Å². The average molecular weight is 202 g/mol. The number of rotatable bonds is 6. The second-order valence-corrected chi connectivity index (χ2v) is 5.06. The Bertz CT molecular complexity index is 143. The van der Waals surface area contributed by atoms with E-state index in [0.29, 0.717) is 0 Å². The van der Waals surface area contributed by atoms with E-state index >= 15 is 0 Å². The molecule has 0 amide bonds. The average Bonchev–Trinajstić information content (AvgIpc) is 2.09. The van der Waals surface area contributed by atoms with Crippen molar-refractivity contribution in [3.05, 3.63) is 0 Å². The fourth-order valence-corrected chi connectivity index (χ4v) is 1.15. The van der Waals surface area contributed by atoms with E-state index in [2.05, 4.69) is 32.7 Å². The molecule has 0 aromatic heterocycles. The molecule has 0 heterocycles. The van der Waals surface area contributed by atoms with Gasteiger partial charge in [0.1, 0.15) is 0 Å². The van der Waals surface area contributed by atoms with Gasteiger partial charge in [-0.1, -0.05) is 20.8 Å². The van der Waals surface area contributed by atoms with E-state index in [1.54, 1.807) is 7.11 Å². The summed E-state index contributed by atoms with van der Waals surface area (Å²) in [6, 6.07) is 0.271. The molecule has 3 heteroatoms. The summed E-state index contributed by atoms with van der Waals surface area (Å²) >= 11 is 0. The van der Waals surface area contributed by atoms with Crippen LogP contribution in [0, 0.1) is 5.41 Å². The molecule has 0 saturated carbocycles. The molecular formula is C11H26N2O. The molecular weight excluding hydrogens is 176 g/mol. The molecule has 86 valence electrons. The van der Waals surface area contributed by atoms with Crippen LogP contribution in [-0.2, 0) is 4.74 Å². The van der Waals surface area contributed by atoms with Crippen molar-refractivity contribution in [3.63, 3.8) is 0 Å². The zero-order chi connectivity index (χ0) is 11.2. The molecule has 14 heavy (non-hydrogen) atoms. The molecule has 0 fully saturated rings. The van der Waals surface area contributed by atoms with E-state index < -0.39 is 0 Å². The van der Waals surface area contributed by atoms with Crippen molar-refractivity contribution in [3.8, 4) is 0 Å². The molecule has 0 spiro atoms. The molecule has 0 aromatic carbocycles. The zero-order valence-electron chi connectivity index (χ0n) is 10.3. The van der Waals surface area contributed by atoms with Crippen LogP contribution in [0.1, 0.15) is 27.2 Å². The molecule has 0 aromatic rings. The van der Waals surface area contributed by atoms with Gasteiger partial charge in [0.05, 0.1) is 6.61 Å². The van der Waals surface area contributed by atoms with Gasteiger partial charge in [0.2, 0.25) is 0 Å². The summed E-state index contributed by atoms with van der Waals surface area (Å²) in [6.45, 7) is 9.38. The highest BCUT2D eigenvalue weighted by Crippen LogP contribution is 2.19. The van der Waals surface area contributed by atoms with E-state index in [1.807, 2.05) is 0 Å². The topological polar surface area (TPSA) is 38.5 Å². The molecule has 0 bridgehead atoms. The van der Waals surface area contributed by atoms with E-state index in [1.165, 1.54) is 0 Å². The van der Waals surface area contributed by atoms with Crippen molar-refractivity contribution in [2.45, 2.75) is 33.2 Å². The van der Waals surface area contributed by atoms with Gasteiger partial charge >= 0.3 is 0 Å².